The zero-order valence-corrected chi connectivity index (χ0v) is 11.5. The lowest BCUT2D eigenvalue weighted by atomic mass is 9.89. The standard InChI is InChI=1S/C15H17N3O2/c1-19-9-10-7-12(13-8-16-18-15(13)17-10)11-5-3-4-6-14(11)20-2/h3-8,12H,9H2,1-2H3,(H2,16,17,18). The van der Waals surface area contributed by atoms with E-state index >= 15 is 0 Å². The normalized spacial score (nSPS) is 17.1. The Kier molecular flexibility index (Phi) is 3.43. The Morgan fingerprint density at radius 3 is 2.85 bits per heavy atom. The molecule has 5 nitrogen and oxygen atoms in total. The molecule has 0 saturated heterocycles. The Morgan fingerprint density at radius 1 is 1.20 bits per heavy atom. The van der Waals surface area contributed by atoms with Crippen LogP contribution in [-0.2, 0) is 4.74 Å². The first-order valence-electron chi connectivity index (χ1n) is 6.46. The number of hydrogen-bond donors (Lipinski definition) is 2. The molecule has 1 aromatic heterocycles. The molecule has 20 heavy (non-hydrogen) atoms. The van der Waals surface area contributed by atoms with Crippen LogP contribution >= 0.6 is 0 Å². The summed E-state index contributed by atoms with van der Waals surface area (Å²) in [6, 6.07) is 8.04. The number of benzene rings is 1. The predicted molar refractivity (Wildman–Crippen MR) is 77.0 cm³/mol. The fourth-order valence-corrected chi connectivity index (χ4v) is 2.54. The lowest BCUT2D eigenvalue weighted by molar-refractivity contribution is 0.226. The van der Waals surface area contributed by atoms with E-state index in [1.807, 2.05) is 24.4 Å². The molecule has 0 aliphatic carbocycles. The SMILES string of the molecule is COCC1=CC(c2ccccc2OC)c2cn[nH]c2N1. The Hall–Kier alpha value is -2.27. The smallest absolute Gasteiger partial charge is 0.129 e. The number of H-pyrrole nitrogens is 1. The molecule has 0 spiro atoms. The number of anilines is 1. The molecule has 2 aromatic rings. The van der Waals surface area contributed by atoms with Crippen LogP contribution in [-0.4, -0.2) is 31.0 Å². The van der Waals surface area contributed by atoms with Crippen LogP contribution in [0, 0.1) is 0 Å². The third kappa shape index (κ3) is 2.16. The molecular formula is C15H17N3O2. The van der Waals surface area contributed by atoms with Crippen LogP contribution in [0.1, 0.15) is 17.0 Å². The lowest BCUT2D eigenvalue weighted by Gasteiger charge is -2.24. The van der Waals surface area contributed by atoms with Crippen molar-refractivity contribution in [3.8, 4) is 5.75 Å². The Bertz CT molecular complexity index is 634. The highest BCUT2D eigenvalue weighted by Gasteiger charge is 2.25. The van der Waals surface area contributed by atoms with E-state index in [9.17, 15) is 0 Å². The zero-order valence-electron chi connectivity index (χ0n) is 11.5. The minimum atomic E-state index is 0.103. The van der Waals surface area contributed by atoms with Crippen LogP contribution in [0.25, 0.3) is 0 Å². The molecule has 1 aliphatic heterocycles. The monoisotopic (exact) mass is 271 g/mol. The fraction of sp³-hybridized carbons (Fsp3) is 0.267. The van der Waals surface area contributed by atoms with Gasteiger partial charge in [0.2, 0.25) is 0 Å². The highest BCUT2D eigenvalue weighted by atomic mass is 16.5. The summed E-state index contributed by atoms with van der Waals surface area (Å²) < 4.78 is 10.7. The number of nitrogens with one attached hydrogen (secondary N) is 2. The predicted octanol–water partition coefficient (Wildman–Crippen LogP) is 2.51. The summed E-state index contributed by atoms with van der Waals surface area (Å²) >= 11 is 0. The third-order valence-electron chi connectivity index (χ3n) is 3.43. The van der Waals surface area contributed by atoms with Gasteiger partial charge in [-0.1, -0.05) is 24.3 Å². The van der Waals surface area contributed by atoms with Crippen LogP contribution < -0.4 is 10.1 Å². The van der Waals surface area contributed by atoms with E-state index in [0.717, 1.165) is 28.4 Å². The van der Waals surface area contributed by atoms with Gasteiger partial charge in [0.05, 0.1) is 19.9 Å². The molecule has 5 heteroatoms. The molecule has 0 saturated carbocycles. The average molecular weight is 271 g/mol. The van der Waals surface area contributed by atoms with Crippen molar-refractivity contribution >= 4 is 5.82 Å². The van der Waals surface area contributed by atoms with Crippen LogP contribution in [0.4, 0.5) is 5.82 Å². The highest BCUT2D eigenvalue weighted by molar-refractivity contribution is 5.60. The molecule has 104 valence electrons. The third-order valence-corrected chi connectivity index (χ3v) is 3.43. The number of methoxy groups -OCH3 is 2. The minimum Gasteiger partial charge on any atom is -0.496 e. The molecule has 1 unspecified atom stereocenters. The van der Waals surface area contributed by atoms with Gasteiger partial charge in [-0.2, -0.15) is 5.10 Å². The van der Waals surface area contributed by atoms with Crippen LogP contribution in [0.15, 0.2) is 42.2 Å². The molecule has 0 bridgehead atoms. The minimum absolute atomic E-state index is 0.103. The van der Waals surface area contributed by atoms with E-state index in [1.54, 1.807) is 14.2 Å². The van der Waals surface area contributed by atoms with Crippen LogP contribution in [0.2, 0.25) is 0 Å². The van der Waals surface area contributed by atoms with Crippen molar-refractivity contribution in [2.75, 3.05) is 26.1 Å². The van der Waals surface area contributed by atoms with Crippen LogP contribution in [0.3, 0.4) is 0 Å². The van der Waals surface area contributed by atoms with Crippen molar-refractivity contribution in [3.63, 3.8) is 0 Å². The number of aromatic nitrogens is 2. The Labute approximate surface area is 117 Å². The second kappa shape index (κ2) is 5.38. The number of fused-ring (bicyclic) bond motifs is 1. The summed E-state index contributed by atoms with van der Waals surface area (Å²) in [4.78, 5) is 0. The number of hydrogen-bond acceptors (Lipinski definition) is 4. The van der Waals surface area contributed by atoms with Gasteiger partial charge >= 0.3 is 0 Å². The largest absolute Gasteiger partial charge is 0.496 e. The Balaban J connectivity index is 2.07. The van der Waals surface area contributed by atoms with Crippen molar-refractivity contribution < 1.29 is 9.47 Å². The van der Waals surface area contributed by atoms with Gasteiger partial charge in [0.15, 0.2) is 0 Å². The maximum atomic E-state index is 5.47. The summed E-state index contributed by atoms with van der Waals surface area (Å²) in [6.07, 6.45) is 4.00. The summed E-state index contributed by atoms with van der Waals surface area (Å²) in [5, 5.41) is 10.4. The quantitative estimate of drug-likeness (QED) is 0.897. The molecule has 0 radical (unpaired) electrons. The average Bonchev–Trinajstić information content (AvgIpc) is 2.95. The highest BCUT2D eigenvalue weighted by Crippen LogP contribution is 2.39. The van der Waals surface area contributed by atoms with E-state index in [4.69, 9.17) is 9.47 Å². The first-order valence-corrected chi connectivity index (χ1v) is 6.46. The molecule has 3 rings (SSSR count). The van der Waals surface area contributed by atoms with Gasteiger partial charge in [0.1, 0.15) is 11.6 Å². The van der Waals surface area contributed by atoms with Gasteiger partial charge < -0.3 is 14.8 Å². The summed E-state index contributed by atoms with van der Waals surface area (Å²) in [5.41, 5.74) is 3.24. The topological polar surface area (TPSA) is 59.2 Å². The summed E-state index contributed by atoms with van der Waals surface area (Å²) in [7, 11) is 3.37. The molecule has 2 N–H and O–H groups in total. The van der Waals surface area contributed by atoms with Gasteiger partial charge in [-0.25, -0.2) is 0 Å². The molecule has 0 amide bonds. The number of allylic oxidation sites excluding steroid dienone is 1. The molecule has 0 fully saturated rings. The zero-order chi connectivity index (χ0) is 13.9. The first-order chi connectivity index (χ1) is 9.83. The van der Waals surface area contributed by atoms with E-state index in [2.05, 4.69) is 27.7 Å². The second-order valence-electron chi connectivity index (χ2n) is 4.67. The van der Waals surface area contributed by atoms with Crippen molar-refractivity contribution in [2.24, 2.45) is 0 Å². The molecule has 1 atom stereocenters. The maximum Gasteiger partial charge on any atom is 0.129 e. The number of para-hydroxylation sites is 1. The van der Waals surface area contributed by atoms with E-state index in [0.29, 0.717) is 6.61 Å². The van der Waals surface area contributed by atoms with Crippen molar-refractivity contribution in [2.45, 2.75) is 5.92 Å². The van der Waals surface area contributed by atoms with E-state index in [-0.39, 0.29) is 5.92 Å². The van der Waals surface area contributed by atoms with Gasteiger partial charge in [0.25, 0.3) is 0 Å². The van der Waals surface area contributed by atoms with Gasteiger partial charge in [-0.3, -0.25) is 5.10 Å². The first kappa shape index (κ1) is 12.7. The van der Waals surface area contributed by atoms with Gasteiger partial charge in [-0.15, -0.1) is 0 Å². The number of nitrogens with zero attached hydrogens (tertiary/aromatic N) is 1. The van der Waals surface area contributed by atoms with E-state index < -0.39 is 0 Å². The van der Waals surface area contributed by atoms with Crippen molar-refractivity contribution in [1.82, 2.24) is 10.2 Å². The fourth-order valence-electron chi connectivity index (χ4n) is 2.54. The lowest BCUT2D eigenvalue weighted by Crippen LogP contribution is -2.16. The molecule has 1 aromatic carbocycles. The molecule has 1 aliphatic rings. The van der Waals surface area contributed by atoms with Gasteiger partial charge in [-0.05, 0) is 6.07 Å². The number of rotatable bonds is 4. The maximum absolute atomic E-state index is 5.47. The molecule has 2 heterocycles. The Morgan fingerprint density at radius 2 is 2.05 bits per heavy atom. The van der Waals surface area contributed by atoms with E-state index in [1.165, 1.54) is 0 Å². The summed E-state index contributed by atoms with van der Waals surface area (Å²) in [5.74, 6) is 1.89. The van der Waals surface area contributed by atoms with Crippen molar-refractivity contribution in [1.29, 1.82) is 0 Å². The van der Waals surface area contributed by atoms with Crippen molar-refractivity contribution in [3.05, 3.63) is 53.4 Å². The number of aromatic amines is 1. The second-order valence-corrected chi connectivity index (χ2v) is 4.67. The number of ether oxygens (including phenoxy) is 2. The molecular weight excluding hydrogens is 254 g/mol. The summed E-state index contributed by atoms with van der Waals surface area (Å²) in [6.45, 7) is 0.532. The van der Waals surface area contributed by atoms with Crippen LogP contribution in [0.5, 0.6) is 5.75 Å². The van der Waals surface area contributed by atoms with Gasteiger partial charge in [0, 0.05) is 29.9 Å².